The van der Waals surface area contributed by atoms with E-state index in [1.807, 2.05) is 29.6 Å². The molecule has 1 aromatic carbocycles. The molecule has 104 valence electrons. The third kappa shape index (κ3) is 2.75. The number of carbonyl (C=O) groups excluding carboxylic acids is 1. The average Bonchev–Trinajstić information content (AvgIpc) is 2.80. The molecule has 0 aliphatic carbocycles. The molecule has 1 atom stereocenters. The van der Waals surface area contributed by atoms with E-state index in [2.05, 4.69) is 27.9 Å². The van der Waals surface area contributed by atoms with Crippen molar-refractivity contribution in [2.45, 2.75) is 18.9 Å². The fourth-order valence-electron chi connectivity index (χ4n) is 2.43. The minimum absolute atomic E-state index is 0.0357. The molecule has 0 saturated carbocycles. The highest BCUT2D eigenvalue weighted by atomic mass is 127. The van der Waals surface area contributed by atoms with Crippen LogP contribution in [0.5, 0.6) is 0 Å². The van der Waals surface area contributed by atoms with Crippen molar-refractivity contribution in [2.24, 2.45) is 0 Å². The fraction of sp³-hybridized carbons (Fsp3) is 0.267. The predicted octanol–water partition coefficient (Wildman–Crippen LogP) is 3.11. The van der Waals surface area contributed by atoms with Crippen LogP contribution in [0.3, 0.4) is 0 Å². The van der Waals surface area contributed by atoms with Crippen LogP contribution in [-0.2, 0) is 6.42 Å². The van der Waals surface area contributed by atoms with Gasteiger partial charge in [0.1, 0.15) is 6.10 Å². The van der Waals surface area contributed by atoms with Crippen LogP contribution in [0.15, 0.2) is 29.6 Å². The first-order valence-corrected chi connectivity index (χ1v) is 8.44. The van der Waals surface area contributed by atoms with Gasteiger partial charge in [-0.1, -0.05) is 12.1 Å². The van der Waals surface area contributed by atoms with E-state index in [-0.39, 0.29) is 5.91 Å². The first-order valence-electron chi connectivity index (χ1n) is 6.48. The molecule has 3 nitrogen and oxygen atoms in total. The zero-order valence-electron chi connectivity index (χ0n) is 10.7. The molecule has 0 saturated heterocycles. The van der Waals surface area contributed by atoms with Crippen LogP contribution >= 0.6 is 33.9 Å². The van der Waals surface area contributed by atoms with Crippen LogP contribution in [0.4, 0.5) is 0 Å². The Morgan fingerprint density at radius 3 is 2.90 bits per heavy atom. The maximum absolute atomic E-state index is 12.0. The molecule has 1 aromatic heterocycles. The summed E-state index contributed by atoms with van der Waals surface area (Å²) < 4.78 is 1.14. The molecule has 20 heavy (non-hydrogen) atoms. The summed E-state index contributed by atoms with van der Waals surface area (Å²) in [5, 5.41) is 15.3. The van der Waals surface area contributed by atoms with Crippen LogP contribution in [0.1, 0.15) is 39.6 Å². The second-order valence-corrected chi connectivity index (χ2v) is 7.67. The second-order valence-electron chi connectivity index (χ2n) is 4.86. The Hall–Kier alpha value is -0.920. The van der Waals surface area contributed by atoms with E-state index in [0.29, 0.717) is 12.1 Å². The third-order valence-corrected chi connectivity index (χ3v) is 5.31. The lowest BCUT2D eigenvalue weighted by atomic mass is 9.96. The molecule has 2 heterocycles. The maximum Gasteiger partial charge on any atom is 0.251 e. The summed E-state index contributed by atoms with van der Waals surface area (Å²) in [6, 6.07) is 7.69. The van der Waals surface area contributed by atoms with Gasteiger partial charge in [-0.15, -0.1) is 11.3 Å². The number of aliphatic hydroxyl groups is 1. The van der Waals surface area contributed by atoms with E-state index in [1.165, 1.54) is 0 Å². The van der Waals surface area contributed by atoms with Gasteiger partial charge in [0.05, 0.1) is 2.88 Å². The van der Waals surface area contributed by atoms with E-state index >= 15 is 0 Å². The van der Waals surface area contributed by atoms with Gasteiger partial charge >= 0.3 is 0 Å². The lowest BCUT2D eigenvalue weighted by molar-refractivity contribution is 0.0956. The first-order chi connectivity index (χ1) is 9.65. The van der Waals surface area contributed by atoms with E-state index < -0.39 is 6.10 Å². The Balaban J connectivity index is 1.97. The number of aliphatic hydroxyl groups excluding tert-OH is 1. The zero-order chi connectivity index (χ0) is 14.1. The first kappa shape index (κ1) is 14.0. The molecule has 0 spiro atoms. The number of hydrogen-bond acceptors (Lipinski definition) is 3. The van der Waals surface area contributed by atoms with Crippen molar-refractivity contribution >= 4 is 39.8 Å². The molecular formula is C15H14INO2S. The summed E-state index contributed by atoms with van der Waals surface area (Å²) in [4.78, 5) is 12.0. The number of carbonyl (C=O) groups is 1. The molecule has 0 radical (unpaired) electrons. The van der Waals surface area contributed by atoms with E-state index in [9.17, 15) is 9.90 Å². The molecule has 1 aliphatic heterocycles. The third-order valence-electron chi connectivity index (χ3n) is 3.51. The number of nitrogens with one attached hydrogen (secondary N) is 1. The Kier molecular flexibility index (Phi) is 4.09. The molecule has 1 aliphatic rings. The normalized spacial score (nSPS) is 16.2. The van der Waals surface area contributed by atoms with Gasteiger partial charge in [-0.25, -0.2) is 0 Å². The molecular weight excluding hydrogens is 385 g/mol. The molecule has 0 fully saturated rings. The summed E-state index contributed by atoms with van der Waals surface area (Å²) in [7, 11) is 0. The Morgan fingerprint density at radius 1 is 1.30 bits per heavy atom. The number of thiophene rings is 1. The number of benzene rings is 1. The highest BCUT2D eigenvalue weighted by Crippen LogP contribution is 2.29. The van der Waals surface area contributed by atoms with Gasteiger partial charge in [-0.05, 0) is 69.6 Å². The minimum Gasteiger partial charge on any atom is -0.384 e. The van der Waals surface area contributed by atoms with Crippen molar-refractivity contribution < 1.29 is 9.90 Å². The number of halogens is 1. The average molecular weight is 399 g/mol. The van der Waals surface area contributed by atoms with Crippen molar-refractivity contribution in [1.82, 2.24) is 5.32 Å². The summed E-state index contributed by atoms with van der Waals surface area (Å²) in [6.45, 7) is 0.716. The summed E-state index contributed by atoms with van der Waals surface area (Å²) in [5.74, 6) is -0.0357. The van der Waals surface area contributed by atoms with Gasteiger partial charge in [0.25, 0.3) is 5.91 Å². The van der Waals surface area contributed by atoms with Gasteiger partial charge in [0, 0.05) is 12.1 Å². The van der Waals surface area contributed by atoms with Crippen LogP contribution < -0.4 is 5.32 Å². The largest absolute Gasteiger partial charge is 0.384 e. The molecule has 2 N–H and O–H groups in total. The number of aryl methyl sites for hydroxylation is 1. The zero-order valence-corrected chi connectivity index (χ0v) is 13.7. The minimum atomic E-state index is -0.670. The van der Waals surface area contributed by atoms with E-state index in [1.54, 1.807) is 11.3 Å². The summed E-state index contributed by atoms with van der Waals surface area (Å²) in [6.07, 6.45) is 1.19. The number of amides is 1. The van der Waals surface area contributed by atoms with Crippen LogP contribution in [0, 0.1) is 2.88 Å². The van der Waals surface area contributed by atoms with Crippen molar-refractivity contribution in [1.29, 1.82) is 0 Å². The molecule has 0 bridgehead atoms. The standard InChI is InChI=1S/C15H14INO2S/c16-13-7-11(8-20-13)14(18)10-4-3-9-2-1-5-17-15(19)12(9)6-10/h3-4,6-8,14,18H,1-2,5H2,(H,17,19). The van der Waals surface area contributed by atoms with Gasteiger partial charge < -0.3 is 10.4 Å². The Morgan fingerprint density at radius 2 is 2.15 bits per heavy atom. The molecule has 3 rings (SSSR count). The van der Waals surface area contributed by atoms with Crippen LogP contribution in [0.2, 0.25) is 0 Å². The fourth-order valence-corrected chi connectivity index (χ4v) is 3.82. The lowest BCUT2D eigenvalue weighted by Gasteiger charge is -2.12. The highest BCUT2D eigenvalue weighted by molar-refractivity contribution is 14.1. The molecule has 1 amide bonds. The van der Waals surface area contributed by atoms with Crippen molar-refractivity contribution in [3.8, 4) is 0 Å². The molecule has 1 unspecified atom stereocenters. The van der Waals surface area contributed by atoms with Gasteiger partial charge in [0.2, 0.25) is 0 Å². The highest BCUT2D eigenvalue weighted by Gasteiger charge is 2.19. The van der Waals surface area contributed by atoms with Crippen molar-refractivity contribution in [3.05, 3.63) is 54.8 Å². The predicted molar refractivity (Wildman–Crippen MR) is 88.2 cm³/mol. The Bertz CT molecular complexity index is 653. The number of hydrogen-bond donors (Lipinski definition) is 2. The van der Waals surface area contributed by atoms with Gasteiger partial charge in [-0.2, -0.15) is 0 Å². The van der Waals surface area contributed by atoms with Crippen LogP contribution in [-0.4, -0.2) is 17.6 Å². The van der Waals surface area contributed by atoms with Gasteiger partial charge in [-0.3, -0.25) is 4.79 Å². The van der Waals surface area contributed by atoms with Crippen molar-refractivity contribution in [2.75, 3.05) is 6.54 Å². The lowest BCUT2D eigenvalue weighted by Crippen LogP contribution is -2.22. The van der Waals surface area contributed by atoms with Crippen molar-refractivity contribution in [3.63, 3.8) is 0 Å². The van der Waals surface area contributed by atoms with E-state index in [4.69, 9.17) is 0 Å². The second kappa shape index (κ2) is 5.83. The SMILES string of the molecule is O=C1NCCCc2ccc(C(O)c3csc(I)c3)cc21. The molecule has 5 heteroatoms. The van der Waals surface area contributed by atoms with Crippen LogP contribution in [0.25, 0.3) is 0 Å². The Labute approximate surface area is 135 Å². The topological polar surface area (TPSA) is 49.3 Å². The smallest absolute Gasteiger partial charge is 0.251 e. The summed E-state index contributed by atoms with van der Waals surface area (Å²) >= 11 is 3.85. The quantitative estimate of drug-likeness (QED) is 0.763. The number of rotatable bonds is 2. The monoisotopic (exact) mass is 399 g/mol. The van der Waals surface area contributed by atoms with E-state index in [0.717, 1.165) is 32.4 Å². The van der Waals surface area contributed by atoms with Gasteiger partial charge in [0.15, 0.2) is 0 Å². The maximum atomic E-state index is 12.0. The molecule has 2 aromatic rings. The number of fused-ring (bicyclic) bond motifs is 1. The summed E-state index contributed by atoms with van der Waals surface area (Å²) in [5.41, 5.74) is 3.42.